The van der Waals surface area contributed by atoms with Crippen LogP contribution in [-0.4, -0.2) is 44.2 Å². The molecule has 0 saturated heterocycles. The molecule has 0 aliphatic rings. The van der Waals surface area contributed by atoms with Crippen molar-refractivity contribution in [3.05, 3.63) is 48.0 Å². The molecule has 0 atom stereocenters. The summed E-state index contributed by atoms with van der Waals surface area (Å²) < 4.78 is 10.2. The number of nitrogens with one attached hydrogen (secondary N) is 1. The molecule has 2 N–H and O–H groups in total. The molecule has 2 amide bonds. The average Bonchev–Trinajstić information content (AvgIpc) is 2.73. The first-order valence-corrected chi connectivity index (χ1v) is 8.98. The Bertz CT molecular complexity index is 882. The number of rotatable bonds is 9. The zero-order chi connectivity index (χ0) is 21.4. The maximum atomic E-state index is 12.3. The minimum atomic E-state index is -1.21. The van der Waals surface area contributed by atoms with Gasteiger partial charge in [-0.3, -0.25) is 9.59 Å². The summed E-state index contributed by atoms with van der Waals surface area (Å²) in [5, 5.41) is 12.0. The number of carboxylic acids is 1. The third-order valence-corrected chi connectivity index (χ3v) is 4.34. The highest BCUT2D eigenvalue weighted by Crippen LogP contribution is 2.33. The van der Waals surface area contributed by atoms with E-state index in [0.717, 1.165) is 5.69 Å². The quantitative estimate of drug-likeness (QED) is 0.670. The number of benzene rings is 2. The number of carbonyl (C=O) groups is 3. The summed E-state index contributed by atoms with van der Waals surface area (Å²) in [4.78, 5) is 37.6. The standard InChI is InChI=1S/C21H24N2O6/c1-23(14-8-5-4-6-9-14)20(25)11-7-10-19(24)22-16-13-18(29-3)17(28-2)12-15(16)21(26)27/h4-6,8-9,12-13H,7,10-11H2,1-3H3,(H,22,24)(H,26,27). The molecule has 2 aromatic rings. The summed E-state index contributed by atoms with van der Waals surface area (Å²) in [7, 11) is 4.49. The molecule has 0 radical (unpaired) electrons. The predicted octanol–water partition coefficient (Wildman–Crippen LogP) is 3.17. The molecular weight excluding hydrogens is 376 g/mol. The van der Waals surface area contributed by atoms with Crippen molar-refractivity contribution in [3.63, 3.8) is 0 Å². The van der Waals surface area contributed by atoms with Crippen LogP contribution in [0, 0.1) is 0 Å². The van der Waals surface area contributed by atoms with Gasteiger partial charge in [0.1, 0.15) is 0 Å². The van der Waals surface area contributed by atoms with Crippen LogP contribution in [0.2, 0.25) is 0 Å². The summed E-state index contributed by atoms with van der Waals surface area (Å²) in [6.45, 7) is 0. The molecule has 2 aromatic carbocycles. The third-order valence-electron chi connectivity index (χ3n) is 4.34. The molecule has 29 heavy (non-hydrogen) atoms. The van der Waals surface area contributed by atoms with E-state index in [4.69, 9.17) is 9.47 Å². The fraction of sp³-hybridized carbons (Fsp3) is 0.286. The van der Waals surface area contributed by atoms with Crippen molar-refractivity contribution >= 4 is 29.2 Å². The van der Waals surface area contributed by atoms with E-state index in [0.29, 0.717) is 12.2 Å². The maximum Gasteiger partial charge on any atom is 0.337 e. The Morgan fingerprint density at radius 1 is 1.00 bits per heavy atom. The van der Waals surface area contributed by atoms with E-state index in [1.54, 1.807) is 7.05 Å². The van der Waals surface area contributed by atoms with Gasteiger partial charge in [0.2, 0.25) is 11.8 Å². The van der Waals surface area contributed by atoms with Gasteiger partial charge >= 0.3 is 5.97 Å². The van der Waals surface area contributed by atoms with Gasteiger partial charge in [0.25, 0.3) is 0 Å². The van der Waals surface area contributed by atoms with Gasteiger partial charge in [0.05, 0.1) is 25.5 Å². The van der Waals surface area contributed by atoms with Crippen molar-refractivity contribution in [1.29, 1.82) is 0 Å². The summed E-state index contributed by atoms with van der Waals surface area (Å²) in [6.07, 6.45) is 0.593. The van der Waals surface area contributed by atoms with Crippen LogP contribution in [0.25, 0.3) is 0 Å². The van der Waals surface area contributed by atoms with Gasteiger partial charge in [-0.15, -0.1) is 0 Å². The Morgan fingerprint density at radius 2 is 1.62 bits per heavy atom. The van der Waals surface area contributed by atoms with E-state index in [-0.39, 0.29) is 35.7 Å². The lowest BCUT2D eigenvalue weighted by atomic mass is 10.1. The number of para-hydroxylation sites is 1. The van der Waals surface area contributed by atoms with Crippen LogP contribution in [0.1, 0.15) is 29.6 Å². The Morgan fingerprint density at radius 3 is 2.21 bits per heavy atom. The fourth-order valence-electron chi connectivity index (χ4n) is 2.74. The first-order valence-electron chi connectivity index (χ1n) is 8.98. The Balaban J connectivity index is 1.97. The Labute approximate surface area is 169 Å². The number of ether oxygens (including phenoxy) is 2. The SMILES string of the molecule is COc1cc(NC(=O)CCCC(=O)N(C)c2ccccc2)c(C(=O)O)cc1OC. The van der Waals surface area contributed by atoms with E-state index in [2.05, 4.69) is 5.32 Å². The summed E-state index contributed by atoms with van der Waals surface area (Å²) in [5.74, 6) is -1.16. The molecule has 8 nitrogen and oxygen atoms in total. The molecule has 8 heteroatoms. The number of amides is 2. The number of hydrogen-bond donors (Lipinski definition) is 2. The number of carbonyl (C=O) groups excluding carboxylic acids is 2. The number of methoxy groups -OCH3 is 2. The zero-order valence-corrected chi connectivity index (χ0v) is 16.6. The highest BCUT2D eigenvalue weighted by atomic mass is 16.5. The van der Waals surface area contributed by atoms with Crippen molar-refractivity contribution in [3.8, 4) is 11.5 Å². The number of nitrogens with zero attached hydrogens (tertiary/aromatic N) is 1. The van der Waals surface area contributed by atoms with Crippen LogP contribution in [0.15, 0.2) is 42.5 Å². The van der Waals surface area contributed by atoms with Crippen LogP contribution < -0.4 is 19.7 Å². The Hall–Kier alpha value is -3.55. The van der Waals surface area contributed by atoms with E-state index < -0.39 is 11.9 Å². The fourth-order valence-corrected chi connectivity index (χ4v) is 2.74. The number of aromatic carboxylic acids is 1. The van der Waals surface area contributed by atoms with Crippen LogP contribution in [0.3, 0.4) is 0 Å². The molecular formula is C21H24N2O6. The van der Waals surface area contributed by atoms with E-state index >= 15 is 0 Å². The lowest BCUT2D eigenvalue weighted by Gasteiger charge is -2.17. The first-order chi connectivity index (χ1) is 13.9. The normalized spacial score (nSPS) is 10.2. The molecule has 0 spiro atoms. The number of anilines is 2. The maximum absolute atomic E-state index is 12.3. The van der Waals surface area contributed by atoms with Crippen molar-refractivity contribution in [1.82, 2.24) is 0 Å². The van der Waals surface area contributed by atoms with Gasteiger partial charge in [0.15, 0.2) is 11.5 Å². The second kappa shape index (κ2) is 10.1. The summed E-state index contributed by atoms with van der Waals surface area (Å²) >= 11 is 0. The highest BCUT2D eigenvalue weighted by Gasteiger charge is 2.18. The van der Waals surface area contributed by atoms with Gasteiger partial charge in [-0.05, 0) is 18.6 Å². The van der Waals surface area contributed by atoms with E-state index in [1.807, 2.05) is 30.3 Å². The zero-order valence-electron chi connectivity index (χ0n) is 16.6. The summed E-state index contributed by atoms with van der Waals surface area (Å²) in [6, 6.07) is 11.9. The first kappa shape index (κ1) is 21.7. The molecule has 0 saturated carbocycles. The van der Waals surface area contributed by atoms with Gasteiger partial charge in [-0.1, -0.05) is 18.2 Å². The van der Waals surface area contributed by atoms with Crippen LogP contribution in [0.5, 0.6) is 11.5 Å². The number of hydrogen-bond acceptors (Lipinski definition) is 5. The van der Waals surface area contributed by atoms with Crippen molar-refractivity contribution in [2.75, 3.05) is 31.5 Å². The molecule has 2 rings (SSSR count). The van der Waals surface area contributed by atoms with Crippen LogP contribution in [-0.2, 0) is 9.59 Å². The molecule has 0 bridgehead atoms. The molecule has 154 valence electrons. The van der Waals surface area contributed by atoms with Crippen molar-refractivity contribution in [2.45, 2.75) is 19.3 Å². The monoisotopic (exact) mass is 400 g/mol. The predicted molar refractivity (Wildman–Crippen MR) is 109 cm³/mol. The van der Waals surface area contributed by atoms with E-state index in [1.165, 1.54) is 31.3 Å². The minimum absolute atomic E-state index is 0.0712. The molecule has 0 aromatic heterocycles. The van der Waals surface area contributed by atoms with Crippen molar-refractivity contribution < 1.29 is 29.0 Å². The molecule has 0 unspecified atom stereocenters. The molecule has 0 fully saturated rings. The van der Waals surface area contributed by atoms with Gasteiger partial charge in [-0.2, -0.15) is 0 Å². The molecule has 0 heterocycles. The van der Waals surface area contributed by atoms with Gasteiger partial charge in [0, 0.05) is 37.7 Å². The van der Waals surface area contributed by atoms with E-state index in [9.17, 15) is 19.5 Å². The minimum Gasteiger partial charge on any atom is -0.493 e. The topological polar surface area (TPSA) is 105 Å². The highest BCUT2D eigenvalue weighted by molar-refractivity contribution is 6.01. The second-order valence-corrected chi connectivity index (χ2v) is 6.25. The largest absolute Gasteiger partial charge is 0.493 e. The third kappa shape index (κ3) is 5.71. The lowest BCUT2D eigenvalue weighted by molar-refractivity contribution is -0.118. The molecule has 0 aliphatic carbocycles. The van der Waals surface area contributed by atoms with Gasteiger partial charge < -0.3 is 24.8 Å². The summed E-state index contributed by atoms with van der Waals surface area (Å²) in [5.41, 5.74) is 0.766. The van der Waals surface area contributed by atoms with Gasteiger partial charge in [-0.25, -0.2) is 4.79 Å². The Kier molecular flexibility index (Phi) is 7.59. The van der Waals surface area contributed by atoms with Crippen molar-refractivity contribution in [2.24, 2.45) is 0 Å². The molecule has 0 aliphatic heterocycles. The van der Waals surface area contributed by atoms with Crippen LogP contribution >= 0.6 is 0 Å². The van der Waals surface area contributed by atoms with Crippen LogP contribution in [0.4, 0.5) is 11.4 Å². The second-order valence-electron chi connectivity index (χ2n) is 6.25. The number of carboxylic acid groups (broad SMARTS) is 1. The smallest absolute Gasteiger partial charge is 0.337 e. The average molecular weight is 400 g/mol. The lowest BCUT2D eigenvalue weighted by Crippen LogP contribution is -2.26.